The summed E-state index contributed by atoms with van der Waals surface area (Å²) in [4.78, 5) is 16.0. The third kappa shape index (κ3) is 4.55. The van der Waals surface area contributed by atoms with Crippen LogP contribution in [0.15, 0.2) is 42.6 Å². The number of carbonyl (C=O) groups is 1. The van der Waals surface area contributed by atoms with E-state index < -0.39 is 0 Å². The van der Waals surface area contributed by atoms with Crippen LogP contribution in [0.2, 0.25) is 0 Å². The fourth-order valence-corrected chi connectivity index (χ4v) is 1.94. The number of unbranched alkanes of at least 4 members (excludes halogenated alkanes) is 1. The Morgan fingerprint density at radius 1 is 1.23 bits per heavy atom. The van der Waals surface area contributed by atoms with Gasteiger partial charge in [0, 0.05) is 24.8 Å². The Hall–Kier alpha value is -2.43. The second-order valence-electron chi connectivity index (χ2n) is 4.99. The molecule has 22 heavy (non-hydrogen) atoms. The van der Waals surface area contributed by atoms with Gasteiger partial charge < -0.3 is 10.6 Å². The van der Waals surface area contributed by atoms with Crippen molar-refractivity contribution in [3.8, 4) is 0 Å². The van der Waals surface area contributed by atoms with Crippen molar-refractivity contribution in [2.45, 2.75) is 26.3 Å². The number of aromatic nitrogens is 1. The molecular weight excluding hydrogens is 281 g/mol. The lowest BCUT2D eigenvalue weighted by Gasteiger charge is -2.08. The van der Waals surface area contributed by atoms with E-state index in [-0.39, 0.29) is 11.7 Å². The molecule has 0 bridgehead atoms. The van der Waals surface area contributed by atoms with E-state index in [2.05, 4.69) is 22.5 Å². The van der Waals surface area contributed by atoms with E-state index in [0.717, 1.165) is 12.8 Å². The molecule has 4 nitrogen and oxygen atoms in total. The van der Waals surface area contributed by atoms with Crippen LogP contribution in [0.25, 0.3) is 0 Å². The molecule has 0 unspecified atom stereocenters. The molecule has 0 radical (unpaired) electrons. The number of carbonyl (C=O) groups excluding carboxylic acids is 1. The Morgan fingerprint density at radius 2 is 2.05 bits per heavy atom. The molecule has 1 aromatic carbocycles. The Bertz CT molecular complexity index is 614. The van der Waals surface area contributed by atoms with Crippen molar-refractivity contribution in [1.29, 1.82) is 0 Å². The third-order valence-electron chi connectivity index (χ3n) is 3.26. The molecule has 0 spiro atoms. The number of amides is 1. The largest absolute Gasteiger partial charge is 0.366 e. The standard InChI is InChI=1S/C17H20FN3O/c1-2-3-10-19-17(22)14-8-9-16(21-12-14)20-11-13-6-4-5-7-15(13)18/h4-9,12H,2-3,10-11H2,1H3,(H,19,22)(H,20,21). The van der Waals surface area contributed by atoms with Crippen LogP contribution in [0, 0.1) is 5.82 Å². The van der Waals surface area contributed by atoms with Gasteiger partial charge in [-0.25, -0.2) is 9.37 Å². The van der Waals surface area contributed by atoms with Gasteiger partial charge in [0.2, 0.25) is 0 Å². The number of nitrogens with zero attached hydrogens (tertiary/aromatic N) is 1. The maximum Gasteiger partial charge on any atom is 0.252 e. The van der Waals surface area contributed by atoms with Crippen LogP contribution in [-0.4, -0.2) is 17.4 Å². The van der Waals surface area contributed by atoms with Crippen LogP contribution in [0.4, 0.5) is 10.2 Å². The summed E-state index contributed by atoms with van der Waals surface area (Å²) < 4.78 is 13.5. The van der Waals surface area contributed by atoms with E-state index >= 15 is 0 Å². The van der Waals surface area contributed by atoms with Crippen LogP contribution in [0.3, 0.4) is 0 Å². The SMILES string of the molecule is CCCCNC(=O)c1ccc(NCc2ccccc2F)nc1. The van der Waals surface area contributed by atoms with Crippen LogP contribution in [0.1, 0.15) is 35.7 Å². The van der Waals surface area contributed by atoms with Crippen LogP contribution in [-0.2, 0) is 6.54 Å². The maximum atomic E-state index is 13.5. The molecule has 2 N–H and O–H groups in total. The quantitative estimate of drug-likeness (QED) is 0.771. The second kappa shape index (κ2) is 8.12. The average molecular weight is 301 g/mol. The molecule has 5 heteroatoms. The topological polar surface area (TPSA) is 54.0 Å². The van der Waals surface area contributed by atoms with E-state index in [1.165, 1.54) is 12.3 Å². The van der Waals surface area contributed by atoms with Gasteiger partial charge >= 0.3 is 0 Å². The zero-order valence-corrected chi connectivity index (χ0v) is 12.6. The number of nitrogens with one attached hydrogen (secondary N) is 2. The Labute approximate surface area is 129 Å². The molecule has 0 atom stereocenters. The second-order valence-corrected chi connectivity index (χ2v) is 4.99. The highest BCUT2D eigenvalue weighted by Gasteiger charge is 2.06. The minimum Gasteiger partial charge on any atom is -0.366 e. The molecule has 116 valence electrons. The molecule has 2 aromatic rings. The van der Waals surface area contributed by atoms with E-state index in [0.29, 0.717) is 30.0 Å². The summed E-state index contributed by atoms with van der Waals surface area (Å²) in [6.07, 6.45) is 3.52. The van der Waals surface area contributed by atoms with Gasteiger partial charge in [-0.15, -0.1) is 0 Å². The Kier molecular flexibility index (Phi) is 5.89. The van der Waals surface area contributed by atoms with Gasteiger partial charge in [0.05, 0.1) is 5.56 Å². The summed E-state index contributed by atoms with van der Waals surface area (Å²) in [5, 5.41) is 5.87. The van der Waals surface area contributed by atoms with Gasteiger partial charge in [0.25, 0.3) is 5.91 Å². The zero-order valence-electron chi connectivity index (χ0n) is 12.6. The lowest BCUT2D eigenvalue weighted by atomic mass is 10.2. The molecule has 0 aliphatic rings. The molecular formula is C17H20FN3O. The van der Waals surface area contributed by atoms with Gasteiger partial charge in [0.15, 0.2) is 0 Å². The molecule has 1 heterocycles. The summed E-state index contributed by atoms with van der Waals surface area (Å²) in [7, 11) is 0. The fraction of sp³-hybridized carbons (Fsp3) is 0.294. The minimum atomic E-state index is -0.248. The molecule has 0 aliphatic carbocycles. The predicted molar refractivity (Wildman–Crippen MR) is 85.2 cm³/mol. The summed E-state index contributed by atoms with van der Waals surface area (Å²) in [5.74, 6) is 0.233. The normalized spacial score (nSPS) is 10.3. The van der Waals surface area contributed by atoms with Crippen LogP contribution < -0.4 is 10.6 Å². The fourth-order valence-electron chi connectivity index (χ4n) is 1.94. The minimum absolute atomic E-state index is 0.124. The van der Waals surface area contributed by atoms with Gasteiger partial charge in [0.1, 0.15) is 11.6 Å². The highest BCUT2D eigenvalue weighted by Crippen LogP contribution is 2.10. The number of hydrogen-bond donors (Lipinski definition) is 2. The number of benzene rings is 1. The highest BCUT2D eigenvalue weighted by molar-refractivity contribution is 5.94. The summed E-state index contributed by atoms with van der Waals surface area (Å²) in [5.41, 5.74) is 1.10. The smallest absolute Gasteiger partial charge is 0.252 e. The van der Waals surface area contributed by atoms with Crippen molar-refractivity contribution in [1.82, 2.24) is 10.3 Å². The predicted octanol–water partition coefficient (Wildman–Crippen LogP) is 3.36. The van der Waals surface area contributed by atoms with Gasteiger partial charge in [-0.2, -0.15) is 0 Å². The monoisotopic (exact) mass is 301 g/mol. The molecule has 0 saturated heterocycles. The number of rotatable bonds is 7. The average Bonchev–Trinajstić information content (AvgIpc) is 2.55. The van der Waals surface area contributed by atoms with E-state index in [4.69, 9.17) is 0 Å². The molecule has 0 fully saturated rings. The third-order valence-corrected chi connectivity index (χ3v) is 3.26. The lowest BCUT2D eigenvalue weighted by Crippen LogP contribution is -2.24. The molecule has 1 aromatic heterocycles. The molecule has 0 aliphatic heterocycles. The summed E-state index contributed by atoms with van der Waals surface area (Å²) in [6, 6.07) is 10.0. The summed E-state index contributed by atoms with van der Waals surface area (Å²) in [6.45, 7) is 3.09. The first-order valence-electron chi connectivity index (χ1n) is 7.42. The number of pyridine rings is 1. The van der Waals surface area contributed by atoms with Crippen molar-refractivity contribution >= 4 is 11.7 Å². The van der Waals surface area contributed by atoms with E-state index in [1.54, 1.807) is 30.3 Å². The first-order valence-corrected chi connectivity index (χ1v) is 7.42. The van der Waals surface area contributed by atoms with Gasteiger partial charge in [-0.3, -0.25) is 4.79 Å². The van der Waals surface area contributed by atoms with E-state index in [9.17, 15) is 9.18 Å². The van der Waals surface area contributed by atoms with Crippen molar-refractivity contribution < 1.29 is 9.18 Å². The molecule has 0 saturated carbocycles. The lowest BCUT2D eigenvalue weighted by molar-refractivity contribution is 0.0953. The zero-order chi connectivity index (χ0) is 15.8. The van der Waals surface area contributed by atoms with Crippen molar-refractivity contribution in [2.75, 3.05) is 11.9 Å². The Balaban J connectivity index is 1.89. The first kappa shape index (κ1) is 15.9. The van der Waals surface area contributed by atoms with Crippen molar-refractivity contribution in [3.63, 3.8) is 0 Å². The molecule has 1 amide bonds. The first-order chi connectivity index (χ1) is 10.7. The Morgan fingerprint density at radius 3 is 2.73 bits per heavy atom. The van der Waals surface area contributed by atoms with Crippen LogP contribution in [0.5, 0.6) is 0 Å². The number of halogens is 1. The number of anilines is 1. The molecule has 2 rings (SSSR count). The van der Waals surface area contributed by atoms with Gasteiger partial charge in [-0.05, 0) is 24.6 Å². The van der Waals surface area contributed by atoms with Crippen molar-refractivity contribution in [3.05, 3.63) is 59.5 Å². The summed E-state index contributed by atoms with van der Waals surface area (Å²) >= 11 is 0. The van der Waals surface area contributed by atoms with Gasteiger partial charge in [-0.1, -0.05) is 31.5 Å². The van der Waals surface area contributed by atoms with E-state index in [1.807, 2.05) is 0 Å². The van der Waals surface area contributed by atoms with Crippen LogP contribution >= 0.6 is 0 Å². The maximum absolute atomic E-state index is 13.5. The van der Waals surface area contributed by atoms with Crippen molar-refractivity contribution in [2.24, 2.45) is 0 Å². The highest BCUT2D eigenvalue weighted by atomic mass is 19.1. The number of hydrogen-bond acceptors (Lipinski definition) is 3.